The smallest absolute Gasteiger partial charge is 0.259 e. The average Bonchev–Trinajstić information content (AvgIpc) is 3.06. The summed E-state index contributed by atoms with van der Waals surface area (Å²) in [5.41, 5.74) is 0.152. The lowest BCUT2D eigenvalue weighted by molar-refractivity contribution is -0.0292. The molecule has 24 heavy (non-hydrogen) atoms. The molecule has 1 aromatic heterocycles. The number of β-amino-alcohol motifs (C(OH)–C–C–N with tert-alkyl or cyclic N) is 1. The number of carbonyl (C=O) groups excluding carboxylic acids is 1. The Bertz CT molecular complexity index is 740. The normalized spacial score (nSPS) is 28.7. The molecule has 1 aromatic rings. The standard InChI is InChI=1S/C15H23N3O5S/c1-10-13(11(2)23-16-10)14(20)17-8-6-15(12(19)9-17)5-4-7-18(15)24(3,21)22/h12,19H,4-9H2,1-3H3/t12-,15-/m0/s1. The molecule has 1 N–H and O–H groups in total. The van der Waals surface area contributed by atoms with E-state index in [0.717, 1.165) is 6.42 Å². The second kappa shape index (κ2) is 5.82. The first-order chi connectivity index (χ1) is 11.2. The fourth-order valence-corrected chi connectivity index (χ4v) is 5.48. The van der Waals surface area contributed by atoms with Crippen LogP contribution in [0.2, 0.25) is 0 Å². The molecule has 1 spiro atoms. The van der Waals surface area contributed by atoms with Crippen molar-refractivity contribution in [2.24, 2.45) is 0 Å². The van der Waals surface area contributed by atoms with Crippen molar-refractivity contribution in [3.63, 3.8) is 0 Å². The van der Waals surface area contributed by atoms with E-state index in [1.165, 1.54) is 10.6 Å². The highest BCUT2D eigenvalue weighted by molar-refractivity contribution is 7.88. The summed E-state index contributed by atoms with van der Waals surface area (Å²) >= 11 is 0. The Morgan fingerprint density at radius 1 is 1.33 bits per heavy atom. The minimum atomic E-state index is -3.39. The maximum Gasteiger partial charge on any atom is 0.259 e. The highest BCUT2D eigenvalue weighted by Crippen LogP contribution is 2.40. The second-order valence-corrected chi connectivity index (χ2v) is 8.67. The first kappa shape index (κ1) is 17.4. The van der Waals surface area contributed by atoms with E-state index in [1.807, 2.05) is 0 Å². The van der Waals surface area contributed by atoms with Crippen molar-refractivity contribution >= 4 is 15.9 Å². The number of rotatable bonds is 2. The Balaban J connectivity index is 1.82. The van der Waals surface area contributed by atoms with Crippen molar-refractivity contribution in [3.05, 3.63) is 17.0 Å². The summed E-state index contributed by atoms with van der Waals surface area (Å²) in [4.78, 5) is 14.3. The monoisotopic (exact) mass is 357 g/mol. The summed E-state index contributed by atoms with van der Waals surface area (Å²) in [5.74, 6) is 0.218. The minimum Gasteiger partial charge on any atom is -0.389 e. The van der Waals surface area contributed by atoms with Crippen LogP contribution in [0.4, 0.5) is 0 Å². The first-order valence-corrected chi connectivity index (χ1v) is 9.90. The molecule has 0 aromatic carbocycles. The SMILES string of the molecule is Cc1noc(C)c1C(=O)N1CC[C@@]2(CCCN2S(C)(=O)=O)[C@@H](O)C1. The highest BCUT2D eigenvalue weighted by atomic mass is 32.2. The van der Waals surface area contributed by atoms with Gasteiger partial charge in [-0.25, -0.2) is 8.42 Å². The van der Waals surface area contributed by atoms with Crippen LogP contribution in [-0.2, 0) is 10.0 Å². The van der Waals surface area contributed by atoms with E-state index in [-0.39, 0.29) is 12.5 Å². The zero-order chi connectivity index (χ0) is 17.7. The van der Waals surface area contributed by atoms with Gasteiger partial charge in [0.25, 0.3) is 5.91 Å². The Morgan fingerprint density at radius 2 is 2.04 bits per heavy atom. The van der Waals surface area contributed by atoms with E-state index in [4.69, 9.17) is 4.52 Å². The van der Waals surface area contributed by atoms with Gasteiger partial charge in [0.05, 0.1) is 23.6 Å². The van der Waals surface area contributed by atoms with Crippen LogP contribution in [0, 0.1) is 13.8 Å². The van der Waals surface area contributed by atoms with E-state index >= 15 is 0 Å². The van der Waals surface area contributed by atoms with Crippen LogP contribution >= 0.6 is 0 Å². The number of aliphatic hydroxyl groups excluding tert-OH is 1. The summed E-state index contributed by atoms with van der Waals surface area (Å²) in [7, 11) is -3.39. The molecule has 0 aliphatic carbocycles. The van der Waals surface area contributed by atoms with Crippen LogP contribution in [0.25, 0.3) is 0 Å². The van der Waals surface area contributed by atoms with Gasteiger partial charge in [0.15, 0.2) is 0 Å². The molecule has 3 rings (SSSR count). The molecule has 2 fully saturated rings. The lowest BCUT2D eigenvalue weighted by atomic mass is 9.83. The van der Waals surface area contributed by atoms with Crippen molar-refractivity contribution in [1.82, 2.24) is 14.4 Å². The maximum atomic E-state index is 12.7. The van der Waals surface area contributed by atoms with E-state index in [0.29, 0.717) is 42.9 Å². The van der Waals surface area contributed by atoms with Gasteiger partial charge in [-0.1, -0.05) is 5.16 Å². The van der Waals surface area contributed by atoms with Gasteiger partial charge in [0, 0.05) is 19.6 Å². The van der Waals surface area contributed by atoms with Gasteiger partial charge in [0.1, 0.15) is 11.3 Å². The van der Waals surface area contributed by atoms with E-state index in [1.54, 1.807) is 18.7 Å². The van der Waals surface area contributed by atoms with Gasteiger partial charge in [-0.15, -0.1) is 0 Å². The number of carbonyl (C=O) groups is 1. The summed E-state index contributed by atoms with van der Waals surface area (Å²) < 4.78 is 30.6. The second-order valence-electron chi connectivity index (χ2n) is 6.76. The third-order valence-corrected chi connectivity index (χ3v) is 6.58. The average molecular weight is 357 g/mol. The molecular formula is C15H23N3O5S. The number of hydrogen-bond acceptors (Lipinski definition) is 6. The predicted octanol–water partition coefficient (Wildman–Crippen LogP) is 0.292. The van der Waals surface area contributed by atoms with E-state index in [2.05, 4.69) is 5.16 Å². The molecule has 0 unspecified atom stereocenters. The van der Waals surface area contributed by atoms with Crippen molar-refractivity contribution in [2.45, 2.75) is 44.8 Å². The van der Waals surface area contributed by atoms with E-state index in [9.17, 15) is 18.3 Å². The van der Waals surface area contributed by atoms with Gasteiger partial charge >= 0.3 is 0 Å². The number of hydrogen-bond donors (Lipinski definition) is 1. The number of sulfonamides is 1. The summed E-state index contributed by atoms with van der Waals surface area (Å²) in [6.07, 6.45) is 2.04. The Labute approximate surface area is 141 Å². The van der Waals surface area contributed by atoms with Crippen molar-refractivity contribution in [2.75, 3.05) is 25.9 Å². The zero-order valence-electron chi connectivity index (χ0n) is 14.2. The quantitative estimate of drug-likeness (QED) is 0.816. The van der Waals surface area contributed by atoms with Gasteiger partial charge in [-0.2, -0.15) is 4.31 Å². The van der Waals surface area contributed by atoms with Gasteiger partial charge in [-0.3, -0.25) is 4.79 Å². The molecular weight excluding hydrogens is 334 g/mol. The summed E-state index contributed by atoms with van der Waals surface area (Å²) in [6.45, 7) is 4.31. The van der Waals surface area contributed by atoms with Crippen LogP contribution in [0.5, 0.6) is 0 Å². The van der Waals surface area contributed by atoms with Crippen molar-refractivity contribution in [3.8, 4) is 0 Å². The topological polar surface area (TPSA) is 104 Å². The molecule has 8 nitrogen and oxygen atoms in total. The molecule has 2 aliphatic rings. The third-order valence-electron chi connectivity index (χ3n) is 5.23. The largest absolute Gasteiger partial charge is 0.389 e. The number of amides is 1. The molecule has 0 bridgehead atoms. The van der Waals surface area contributed by atoms with Gasteiger partial charge < -0.3 is 14.5 Å². The van der Waals surface area contributed by atoms with E-state index < -0.39 is 21.7 Å². The molecule has 2 saturated heterocycles. The molecule has 9 heteroatoms. The Hall–Kier alpha value is -1.45. The molecule has 0 saturated carbocycles. The molecule has 2 aliphatic heterocycles. The van der Waals surface area contributed by atoms with Crippen LogP contribution in [-0.4, -0.2) is 71.3 Å². The Kier molecular flexibility index (Phi) is 4.21. The lowest BCUT2D eigenvalue weighted by Crippen LogP contribution is -2.63. The molecule has 3 heterocycles. The third kappa shape index (κ3) is 2.64. The van der Waals surface area contributed by atoms with Crippen LogP contribution in [0.1, 0.15) is 41.1 Å². The number of nitrogens with zero attached hydrogens (tertiary/aromatic N) is 3. The number of aryl methyl sites for hydroxylation is 2. The van der Waals surface area contributed by atoms with Crippen molar-refractivity contribution < 1.29 is 22.8 Å². The number of piperidine rings is 1. The van der Waals surface area contributed by atoms with Crippen molar-refractivity contribution in [1.29, 1.82) is 0 Å². The van der Waals surface area contributed by atoms with Crippen LogP contribution in [0.15, 0.2) is 4.52 Å². The molecule has 134 valence electrons. The minimum absolute atomic E-state index is 0.106. The van der Waals surface area contributed by atoms with Gasteiger partial charge in [-0.05, 0) is 33.1 Å². The molecule has 1 amide bonds. The summed E-state index contributed by atoms with van der Waals surface area (Å²) in [6, 6.07) is 0. The van der Waals surface area contributed by atoms with Gasteiger partial charge in [0.2, 0.25) is 10.0 Å². The zero-order valence-corrected chi connectivity index (χ0v) is 15.0. The number of aromatic nitrogens is 1. The fourth-order valence-electron chi connectivity index (χ4n) is 4.05. The molecule has 2 atom stereocenters. The molecule has 0 radical (unpaired) electrons. The number of aliphatic hydroxyl groups is 1. The maximum absolute atomic E-state index is 12.7. The number of likely N-dealkylation sites (tertiary alicyclic amines) is 1. The summed E-state index contributed by atoms with van der Waals surface area (Å²) in [5, 5.41) is 14.5. The first-order valence-electron chi connectivity index (χ1n) is 8.05. The van der Waals surface area contributed by atoms with Crippen LogP contribution < -0.4 is 0 Å². The predicted molar refractivity (Wildman–Crippen MR) is 86.0 cm³/mol. The highest BCUT2D eigenvalue weighted by Gasteiger charge is 2.53. The fraction of sp³-hybridized carbons (Fsp3) is 0.733. The Morgan fingerprint density at radius 3 is 2.58 bits per heavy atom. The van der Waals surface area contributed by atoms with Crippen LogP contribution in [0.3, 0.4) is 0 Å². The lowest BCUT2D eigenvalue weighted by Gasteiger charge is -2.47.